The molecule has 0 saturated carbocycles. The fourth-order valence-corrected chi connectivity index (χ4v) is 4.54. The lowest BCUT2D eigenvalue weighted by Crippen LogP contribution is -2.13. The average molecular weight is 424 g/mol. The molecule has 0 saturated heterocycles. The third-order valence-electron chi connectivity index (χ3n) is 4.80. The topological polar surface area (TPSA) is 70.9 Å². The van der Waals surface area contributed by atoms with Gasteiger partial charge in [-0.15, -0.1) is 11.8 Å². The molecule has 1 aromatic heterocycles. The smallest absolute Gasteiger partial charge is 0.224 e. The maximum absolute atomic E-state index is 11.9. The second-order valence-corrected chi connectivity index (χ2v) is 8.34. The van der Waals surface area contributed by atoms with Crippen LogP contribution in [0.2, 0.25) is 5.02 Å². The maximum Gasteiger partial charge on any atom is 0.224 e. The van der Waals surface area contributed by atoms with Crippen LogP contribution in [0.25, 0.3) is 21.7 Å². The summed E-state index contributed by atoms with van der Waals surface area (Å²) in [6, 6.07) is 20.6. The fraction of sp³-hybridized carbons (Fsp3) is 0.174. The number of carbonyl (C=O) groups is 1. The minimum absolute atomic E-state index is 0.0338. The Morgan fingerprint density at radius 3 is 2.72 bits per heavy atom. The molecule has 6 heteroatoms. The van der Waals surface area contributed by atoms with Gasteiger partial charge >= 0.3 is 0 Å². The van der Waals surface area contributed by atoms with Crippen molar-refractivity contribution >= 4 is 56.6 Å². The number of anilines is 1. The first-order chi connectivity index (χ1) is 14.1. The molecule has 0 bridgehead atoms. The zero-order valence-electron chi connectivity index (χ0n) is 15.9. The Kier molecular flexibility index (Phi) is 6.09. The number of nitrogens with two attached hydrogens (primary N) is 1. The number of aromatic nitrogens is 1. The number of hydrogen-bond donors (Lipinski definition) is 3. The second-order valence-electron chi connectivity index (χ2n) is 6.92. The molecule has 0 aliphatic heterocycles. The van der Waals surface area contributed by atoms with Gasteiger partial charge in [-0.1, -0.05) is 41.9 Å². The van der Waals surface area contributed by atoms with Crippen LogP contribution >= 0.6 is 23.4 Å². The van der Waals surface area contributed by atoms with Crippen LogP contribution in [0.3, 0.4) is 0 Å². The van der Waals surface area contributed by atoms with Crippen LogP contribution in [0, 0.1) is 0 Å². The predicted molar refractivity (Wildman–Crippen MR) is 124 cm³/mol. The van der Waals surface area contributed by atoms with Crippen molar-refractivity contribution in [2.75, 3.05) is 11.9 Å². The number of thioether (sulfide) groups is 1. The minimum Gasteiger partial charge on any atom is -0.356 e. The standard InChI is InChI=1S/C23H22ClN3OS/c24-23-19-13-17(26-22(28)6-3-11-25)8-10-20(19)27-21(23)14-29-18-9-7-15-4-1-2-5-16(15)12-18/h1-2,4-5,7-10,12-13,27H,3,6,11,14,25H2,(H,26,28). The molecule has 0 aliphatic rings. The van der Waals surface area contributed by atoms with Gasteiger partial charge in [0.1, 0.15) is 0 Å². The normalized spacial score (nSPS) is 11.2. The van der Waals surface area contributed by atoms with Gasteiger partial charge < -0.3 is 16.0 Å². The highest BCUT2D eigenvalue weighted by atomic mass is 35.5. The molecule has 0 unspecified atom stereocenters. The molecule has 3 aromatic carbocycles. The number of fused-ring (bicyclic) bond motifs is 2. The van der Waals surface area contributed by atoms with Crippen LogP contribution in [0.5, 0.6) is 0 Å². The molecule has 4 aromatic rings. The van der Waals surface area contributed by atoms with Crippen LogP contribution in [0.1, 0.15) is 18.5 Å². The van der Waals surface area contributed by atoms with Crippen molar-refractivity contribution in [1.82, 2.24) is 4.98 Å². The summed E-state index contributed by atoms with van der Waals surface area (Å²) in [6.07, 6.45) is 1.10. The van der Waals surface area contributed by atoms with Crippen molar-refractivity contribution in [3.8, 4) is 0 Å². The molecular weight excluding hydrogens is 402 g/mol. The first kappa shape index (κ1) is 19.8. The van der Waals surface area contributed by atoms with Gasteiger partial charge in [0.2, 0.25) is 5.91 Å². The number of halogens is 1. The summed E-state index contributed by atoms with van der Waals surface area (Å²) in [4.78, 5) is 16.5. The summed E-state index contributed by atoms with van der Waals surface area (Å²) in [5.41, 5.74) is 8.15. The van der Waals surface area contributed by atoms with E-state index in [0.717, 1.165) is 28.0 Å². The molecule has 0 aliphatic carbocycles. The van der Waals surface area contributed by atoms with Crippen molar-refractivity contribution in [3.05, 3.63) is 71.4 Å². The van der Waals surface area contributed by atoms with Crippen LogP contribution < -0.4 is 11.1 Å². The lowest BCUT2D eigenvalue weighted by atomic mass is 10.1. The van der Waals surface area contributed by atoms with Crippen molar-refractivity contribution in [1.29, 1.82) is 0 Å². The summed E-state index contributed by atoms with van der Waals surface area (Å²) in [5.74, 6) is 0.706. The molecule has 4 N–H and O–H groups in total. The Bertz CT molecular complexity index is 1170. The number of benzene rings is 3. The fourth-order valence-electron chi connectivity index (χ4n) is 3.29. The second kappa shape index (κ2) is 8.91. The molecule has 4 rings (SSSR count). The Labute approximate surface area is 178 Å². The first-order valence-electron chi connectivity index (χ1n) is 9.55. The van der Waals surface area contributed by atoms with E-state index in [1.807, 2.05) is 24.3 Å². The summed E-state index contributed by atoms with van der Waals surface area (Å²) < 4.78 is 0. The Balaban J connectivity index is 1.50. The Morgan fingerprint density at radius 2 is 1.90 bits per heavy atom. The molecule has 4 nitrogen and oxygen atoms in total. The van der Waals surface area contributed by atoms with Crippen molar-refractivity contribution in [3.63, 3.8) is 0 Å². The van der Waals surface area contributed by atoms with Crippen LogP contribution in [-0.4, -0.2) is 17.4 Å². The highest BCUT2D eigenvalue weighted by Crippen LogP contribution is 2.34. The number of carbonyl (C=O) groups excluding carboxylic acids is 1. The predicted octanol–water partition coefficient (Wildman–Crippen LogP) is 5.94. The van der Waals surface area contributed by atoms with E-state index in [1.54, 1.807) is 11.8 Å². The number of H-pyrrole nitrogens is 1. The van der Waals surface area contributed by atoms with E-state index in [1.165, 1.54) is 15.7 Å². The van der Waals surface area contributed by atoms with Crippen LogP contribution in [-0.2, 0) is 10.5 Å². The van der Waals surface area contributed by atoms with E-state index in [9.17, 15) is 4.79 Å². The van der Waals surface area contributed by atoms with E-state index < -0.39 is 0 Å². The molecule has 0 atom stereocenters. The van der Waals surface area contributed by atoms with Gasteiger partial charge in [0.05, 0.1) is 5.02 Å². The van der Waals surface area contributed by atoms with Gasteiger partial charge in [-0.2, -0.15) is 0 Å². The van der Waals surface area contributed by atoms with Crippen LogP contribution in [0.4, 0.5) is 5.69 Å². The molecule has 1 heterocycles. The van der Waals surface area contributed by atoms with Gasteiger partial charge in [-0.3, -0.25) is 4.79 Å². The van der Waals surface area contributed by atoms with Gasteiger partial charge in [0.15, 0.2) is 0 Å². The SMILES string of the molecule is NCCCC(=O)Nc1ccc2[nH]c(CSc3ccc4ccccc4c3)c(Cl)c2c1. The quantitative estimate of drug-likeness (QED) is 0.322. The van der Waals surface area contributed by atoms with E-state index in [0.29, 0.717) is 24.4 Å². The van der Waals surface area contributed by atoms with E-state index in [2.05, 4.69) is 46.7 Å². The van der Waals surface area contributed by atoms with Crippen molar-refractivity contribution in [2.45, 2.75) is 23.5 Å². The summed E-state index contributed by atoms with van der Waals surface area (Å²) in [7, 11) is 0. The van der Waals surface area contributed by atoms with Gasteiger partial charge in [-0.25, -0.2) is 0 Å². The zero-order chi connectivity index (χ0) is 20.2. The van der Waals surface area contributed by atoms with Gasteiger partial charge in [0, 0.05) is 39.4 Å². The van der Waals surface area contributed by atoms with E-state index in [-0.39, 0.29) is 5.91 Å². The number of rotatable bonds is 7. The minimum atomic E-state index is -0.0338. The first-order valence-corrected chi connectivity index (χ1v) is 10.9. The largest absolute Gasteiger partial charge is 0.356 e. The van der Waals surface area contributed by atoms with Gasteiger partial charge in [0.25, 0.3) is 0 Å². The zero-order valence-corrected chi connectivity index (χ0v) is 17.4. The molecule has 0 radical (unpaired) electrons. The maximum atomic E-state index is 11.9. The van der Waals surface area contributed by atoms with Crippen molar-refractivity contribution in [2.24, 2.45) is 5.73 Å². The van der Waals surface area contributed by atoms with E-state index >= 15 is 0 Å². The van der Waals surface area contributed by atoms with Crippen LogP contribution in [0.15, 0.2) is 65.6 Å². The molecular formula is C23H22ClN3OS. The lowest BCUT2D eigenvalue weighted by Gasteiger charge is -2.05. The number of nitrogens with one attached hydrogen (secondary N) is 2. The third kappa shape index (κ3) is 4.58. The molecule has 0 fully saturated rings. The number of hydrogen-bond acceptors (Lipinski definition) is 3. The lowest BCUT2D eigenvalue weighted by molar-refractivity contribution is -0.116. The molecule has 148 valence electrons. The van der Waals surface area contributed by atoms with E-state index in [4.69, 9.17) is 17.3 Å². The molecule has 0 spiro atoms. The number of aromatic amines is 1. The summed E-state index contributed by atoms with van der Waals surface area (Å²) in [5, 5.41) is 6.99. The van der Waals surface area contributed by atoms with Gasteiger partial charge in [-0.05, 0) is 54.1 Å². The Morgan fingerprint density at radius 1 is 1.07 bits per heavy atom. The average Bonchev–Trinajstić information content (AvgIpc) is 3.06. The van der Waals surface area contributed by atoms with Crippen molar-refractivity contribution < 1.29 is 4.79 Å². The summed E-state index contributed by atoms with van der Waals surface area (Å²) in [6.45, 7) is 0.508. The summed E-state index contributed by atoms with van der Waals surface area (Å²) >= 11 is 8.38. The molecule has 29 heavy (non-hydrogen) atoms. The highest BCUT2D eigenvalue weighted by Gasteiger charge is 2.12. The molecule has 1 amide bonds. The third-order valence-corrected chi connectivity index (χ3v) is 6.25. The monoisotopic (exact) mass is 423 g/mol. The highest BCUT2D eigenvalue weighted by molar-refractivity contribution is 7.98. The number of amides is 1. The Hall–Kier alpha value is -2.47.